The molecule has 9 heteroatoms. The number of aryl methyl sites for hydroxylation is 1. The van der Waals surface area contributed by atoms with E-state index in [0.29, 0.717) is 22.8 Å². The summed E-state index contributed by atoms with van der Waals surface area (Å²) in [5, 5.41) is 3.26. The number of amides is 2. The molecule has 0 aromatic heterocycles. The highest BCUT2D eigenvalue weighted by atomic mass is 35.5. The van der Waals surface area contributed by atoms with Crippen LogP contribution >= 0.6 is 11.6 Å². The summed E-state index contributed by atoms with van der Waals surface area (Å²) in [5.41, 5.74) is 2.79. The predicted octanol–water partition coefficient (Wildman–Crippen LogP) is 3.91. The number of nitrogens with zero attached hydrogens (tertiary/aromatic N) is 2. The third-order valence-electron chi connectivity index (χ3n) is 5.51. The van der Waals surface area contributed by atoms with Crippen LogP contribution in [0, 0.1) is 19.8 Å². The molecule has 0 radical (unpaired) electrons. The van der Waals surface area contributed by atoms with Gasteiger partial charge in [0.2, 0.25) is 21.8 Å². The van der Waals surface area contributed by atoms with Crippen LogP contribution in [0.25, 0.3) is 0 Å². The fourth-order valence-corrected chi connectivity index (χ4v) is 4.46. The second-order valence-corrected chi connectivity index (χ2v) is 11.3. The van der Waals surface area contributed by atoms with Gasteiger partial charge < -0.3 is 10.2 Å². The van der Waals surface area contributed by atoms with Crippen LogP contribution in [0.3, 0.4) is 0 Å². The maximum atomic E-state index is 13.5. The van der Waals surface area contributed by atoms with Gasteiger partial charge in [-0.1, -0.05) is 61.3 Å². The molecule has 2 rings (SSSR count). The lowest BCUT2D eigenvalue weighted by Gasteiger charge is -2.32. The van der Waals surface area contributed by atoms with Gasteiger partial charge in [0.15, 0.2) is 0 Å². The van der Waals surface area contributed by atoms with Crippen LogP contribution in [0.2, 0.25) is 5.02 Å². The lowest BCUT2D eigenvalue weighted by Crippen LogP contribution is -2.51. The molecular weight excluding hydrogens is 474 g/mol. The van der Waals surface area contributed by atoms with Crippen LogP contribution in [0.4, 0.5) is 5.69 Å². The van der Waals surface area contributed by atoms with Gasteiger partial charge in [0.1, 0.15) is 12.6 Å². The Hall–Kier alpha value is -2.58. The molecule has 0 aliphatic rings. The summed E-state index contributed by atoms with van der Waals surface area (Å²) in [7, 11) is -3.81. The Balaban J connectivity index is 2.40. The molecule has 0 aliphatic heterocycles. The molecule has 0 fully saturated rings. The monoisotopic (exact) mass is 507 g/mol. The molecule has 0 bridgehead atoms. The van der Waals surface area contributed by atoms with Crippen molar-refractivity contribution in [3.63, 3.8) is 0 Å². The zero-order valence-corrected chi connectivity index (χ0v) is 22.2. The number of benzene rings is 2. The zero-order chi connectivity index (χ0) is 25.6. The first-order valence-electron chi connectivity index (χ1n) is 11.2. The number of sulfonamides is 1. The van der Waals surface area contributed by atoms with Gasteiger partial charge in [0, 0.05) is 18.1 Å². The van der Waals surface area contributed by atoms with Gasteiger partial charge in [0.05, 0.1) is 11.9 Å². The molecule has 1 atom stereocenters. The minimum absolute atomic E-state index is 0.168. The Morgan fingerprint density at radius 1 is 1.03 bits per heavy atom. The van der Waals surface area contributed by atoms with Crippen molar-refractivity contribution in [1.29, 1.82) is 0 Å². The lowest BCUT2D eigenvalue weighted by molar-refractivity contribution is -0.139. The lowest BCUT2D eigenvalue weighted by atomic mass is 10.1. The quantitative estimate of drug-likeness (QED) is 0.528. The van der Waals surface area contributed by atoms with Crippen molar-refractivity contribution in [3.8, 4) is 0 Å². The number of anilines is 1. The van der Waals surface area contributed by atoms with Crippen molar-refractivity contribution >= 4 is 39.1 Å². The van der Waals surface area contributed by atoms with Gasteiger partial charge in [-0.3, -0.25) is 13.9 Å². The molecule has 0 unspecified atom stereocenters. The zero-order valence-electron chi connectivity index (χ0n) is 20.6. The SMILES string of the molecule is Cc1ccc(CN(C(=O)CN(c2cccc(Cl)c2C)S(C)(=O)=O)[C@@H](C)C(=O)NCC(C)C)cc1. The maximum absolute atomic E-state index is 13.5. The fraction of sp³-hybridized carbons (Fsp3) is 0.440. The Bertz CT molecular complexity index is 1120. The van der Waals surface area contributed by atoms with Crippen LogP contribution in [0.5, 0.6) is 0 Å². The van der Waals surface area contributed by atoms with E-state index in [0.717, 1.165) is 21.7 Å². The van der Waals surface area contributed by atoms with E-state index < -0.39 is 28.5 Å². The minimum Gasteiger partial charge on any atom is -0.354 e. The summed E-state index contributed by atoms with van der Waals surface area (Å²) in [4.78, 5) is 27.8. The van der Waals surface area contributed by atoms with Crippen LogP contribution in [0.1, 0.15) is 37.5 Å². The number of halogens is 1. The van der Waals surface area contributed by atoms with Crippen molar-refractivity contribution in [2.24, 2.45) is 5.92 Å². The van der Waals surface area contributed by atoms with E-state index in [4.69, 9.17) is 11.6 Å². The largest absolute Gasteiger partial charge is 0.354 e. The van der Waals surface area contributed by atoms with Crippen molar-refractivity contribution < 1.29 is 18.0 Å². The molecule has 0 saturated carbocycles. The number of rotatable bonds is 10. The summed E-state index contributed by atoms with van der Waals surface area (Å²) in [6.07, 6.45) is 1.05. The number of carbonyl (C=O) groups is 2. The molecule has 1 N–H and O–H groups in total. The van der Waals surface area contributed by atoms with Crippen molar-refractivity contribution in [2.45, 2.75) is 47.2 Å². The van der Waals surface area contributed by atoms with Gasteiger partial charge in [-0.2, -0.15) is 0 Å². The minimum atomic E-state index is -3.81. The molecule has 7 nitrogen and oxygen atoms in total. The van der Waals surface area contributed by atoms with Gasteiger partial charge in [-0.25, -0.2) is 8.42 Å². The molecule has 2 aromatic rings. The normalized spacial score (nSPS) is 12.4. The Labute approximate surface area is 208 Å². The summed E-state index contributed by atoms with van der Waals surface area (Å²) < 4.78 is 26.4. The molecule has 0 spiro atoms. The number of hydrogen-bond acceptors (Lipinski definition) is 4. The van der Waals surface area contributed by atoms with Crippen LogP contribution < -0.4 is 9.62 Å². The second-order valence-electron chi connectivity index (χ2n) is 8.98. The van der Waals surface area contributed by atoms with E-state index in [9.17, 15) is 18.0 Å². The molecule has 0 heterocycles. The van der Waals surface area contributed by atoms with Gasteiger partial charge >= 0.3 is 0 Å². The van der Waals surface area contributed by atoms with Crippen LogP contribution in [-0.2, 0) is 26.2 Å². The average molecular weight is 508 g/mol. The average Bonchev–Trinajstić information content (AvgIpc) is 2.76. The predicted molar refractivity (Wildman–Crippen MR) is 137 cm³/mol. The van der Waals surface area contributed by atoms with E-state index >= 15 is 0 Å². The third-order valence-corrected chi connectivity index (χ3v) is 7.05. The van der Waals surface area contributed by atoms with Crippen molar-refractivity contribution in [3.05, 3.63) is 64.2 Å². The summed E-state index contributed by atoms with van der Waals surface area (Å²) in [6, 6.07) is 11.8. The summed E-state index contributed by atoms with van der Waals surface area (Å²) in [6.45, 7) is 9.48. The van der Waals surface area contributed by atoms with E-state index in [-0.39, 0.29) is 18.4 Å². The highest BCUT2D eigenvalue weighted by Gasteiger charge is 2.30. The van der Waals surface area contributed by atoms with E-state index in [2.05, 4.69) is 5.32 Å². The third kappa shape index (κ3) is 7.46. The molecule has 2 aromatic carbocycles. The van der Waals surface area contributed by atoms with Crippen molar-refractivity contribution in [2.75, 3.05) is 23.7 Å². The Kier molecular flexibility index (Phi) is 9.53. The topological polar surface area (TPSA) is 86.8 Å². The molecule has 0 aliphatic carbocycles. The van der Waals surface area contributed by atoms with Gasteiger partial charge in [-0.15, -0.1) is 0 Å². The number of carbonyl (C=O) groups excluding carboxylic acids is 2. The molecule has 0 saturated heterocycles. The van der Waals surface area contributed by atoms with Crippen LogP contribution in [-0.4, -0.2) is 50.5 Å². The maximum Gasteiger partial charge on any atom is 0.244 e. The van der Waals surface area contributed by atoms with Gasteiger partial charge in [0.25, 0.3) is 0 Å². The first-order chi connectivity index (χ1) is 15.8. The number of nitrogens with one attached hydrogen (secondary N) is 1. The van der Waals surface area contributed by atoms with Gasteiger partial charge in [-0.05, 0) is 49.9 Å². The summed E-state index contributed by atoms with van der Waals surface area (Å²) >= 11 is 6.21. The molecular formula is C25H34ClN3O4S. The van der Waals surface area contributed by atoms with Crippen molar-refractivity contribution in [1.82, 2.24) is 10.2 Å². The van der Waals surface area contributed by atoms with E-state index in [1.54, 1.807) is 32.0 Å². The van der Waals surface area contributed by atoms with E-state index in [1.165, 1.54) is 4.90 Å². The molecule has 186 valence electrons. The Morgan fingerprint density at radius 3 is 2.21 bits per heavy atom. The highest BCUT2D eigenvalue weighted by Crippen LogP contribution is 2.28. The first kappa shape index (κ1) is 27.7. The van der Waals surface area contributed by atoms with E-state index in [1.807, 2.05) is 45.0 Å². The molecule has 2 amide bonds. The highest BCUT2D eigenvalue weighted by molar-refractivity contribution is 7.92. The van der Waals surface area contributed by atoms with Crippen LogP contribution in [0.15, 0.2) is 42.5 Å². The first-order valence-corrected chi connectivity index (χ1v) is 13.4. The standard InChI is InChI=1S/C25H34ClN3O4S/c1-17(2)14-27-25(31)20(5)28(15-21-12-10-18(3)11-13-21)24(30)16-29(34(6,32)33)23-9-7-8-22(26)19(23)4/h7-13,17,20H,14-16H2,1-6H3,(H,27,31)/t20-/m0/s1. The number of hydrogen-bond donors (Lipinski definition) is 1. The Morgan fingerprint density at radius 2 is 1.65 bits per heavy atom. The summed E-state index contributed by atoms with van der Waals surface area (Å²) in [5.74, 6) is -0.527. The smallest absolute Gasteiger partial charge is 0.244 e. The molecule has 34 heavy (non-hydrogen) atoms. The fourth-order valence-electron chi connectivity index (χ4n) is 3.39. The second kappa shape index (κ2) is 11.7.